The summed E-state index contributed by atoms with van der Waals surface area (Å²) in [5.74, 6) is -0.810. The summed E-state index contributed by atoms with van der Waals surface area (Å²) in [7, 11) is 1.48. The molecule has 0 aliphatic carbocycles. The number of hydrogen-bond acceptors (Lipinski definition) is 6. The predicted molar refractivity (Wildman–Crippen MR) is 69.1 cm³/mol. The molecule has 2 heterocycles. The summed E-state index contributed by atoms with van der Waals surface area (Å²) in [6, 6.07) is 0. The molecule has 0 atom stereocenters. The highest BCUT2D eigenvalue weighted by Crippen LogP contribution is 1.99. The van der Waals surface area contributed by atoms with E-state index in [1.54, 1.807) is 0 Å². The molecular weight excluding hydrogens is 266 g/mol. The molecular formula is C11H11N5O4. The van der Waals surface area contributed by atoms with Gasteiger partial charge in [0.1, 0.15) is 0 Å². The molecule has 2 aromatic rings. The van der Waals surface area contributed by atoms with E-state index in [1.165, 1.54) is 24.0 Å². The lowest BCUT2D eigenvalue weighted by Crippen LogP contribution is -2.39. The molecule has 0 aliphatic rings. The molecule has 0 aromatic carbocycles. The Labute approximate surface area is 111 Å². The second kappa shape index (κ2) is 5.51. The van der Waals surface area contributed by atoms with E-state index >= 15 is 0 Å². The first-order valence-corrected chi connectivity index (χ1v) is 5.83. The average molecular weight is 277 g/mol. The van der Waals surface area contributed by atoms with Crippen LogP contribution in [-0.2, 0) is 18.4 Å². The molecule has 0 saturated carbocycles. The van der Waals surface area contributed by atoms with Gasteiger partial charge >= 0.3 is 5.69 Å². The van der Waals surface area contributed by atoms with Crippen LogP contribution in [0.2, 0.25) is 0 Å². The van der Waals surface area contributed by atoms with Gasteiger partial charge in [0.25, 0.3) is 11.5 Å². The van der Waals surface area contributed by atoms with Crippen molar-refractivity contribution >= 4 is 17.1 Å². The standard InChI is InChI=1S/C11H11N5O4/c1-15-9-8(12-4-5-13-9)10(18)16(11(15)19)6-2-3-7(17)14-20/h4-5H,2-3,6H2,1H3. The number of carbonyl (C=O) groups excluding carboxylic acids is 1. The van der Waals surface area contributed by atoms with Crippen LogP contribution in [-0.4, -0.2) is 25.0 Å². The van der Waals surface area contributed by atoms with Gasteiger partial charge < -0.3 is 0 Å². The van der Waals surface area contributed by atoms with Crippen LogP contribution in [0.25, 0.3) is 11.2 Å². The van der Waals surface area contributed by atoms with Crippen molar-refractivity contribution in [2.24, 2.45) is 12.2 Å². The molecule has 0 fully saturated rings. The summed E-state index contributed by atoms with van der Waals surface area (Å²) in [6.45, 7) is 0.0132. The molecule has 0 spiro atoms. The number of fused-ring (bicyclic) bond motifs is 1. The number of aromatic nitrogens is 4. The van der Waals surface area contributed by atoms with Gasteiger partial charge in [-0.15, -0.1) is 4.91 Å². The average Bonchev–Trinajstić information content (AvgIpc) is 2.48. The van der Waals surface area contributed by atoms with Crippen LogP contribution >= 0.6 is 0 Å². The Morgan fingerprint density at radius 2 is 2.00 bits per heavy atom. The number of nitrogens with zero attached hydrogens (tertiary/aromatic N) is 5. The maximum absolute atomic E-state index is 12.1. The van der Waals surface area contributed by atoms with E-state index in [0.29, 0.717) is 0 Å². The summed E-state index contributed by atoms with van der Waals surface area (Å²) in [4.78, 5) is 52.8. The fourth-order valence-corrected chi connectivity index (χ4v) is 1.84. The number of aryl methyl sites for hydroxylation is 1. The molecule has 2 aromatic heterocycles. The predicted octanol–water partition coefficient (Wildman–Crippen LogP) is -0.437. The number of hydrogen-bond donors (Lipinski definition) is 0. The highest BCUT2D eigenvalue weighted by atomic mass is 16.3. The first-order valence-electron chi connectivity index (χ1n) is 5.83. The second-order valence-electron chi connectivity index (χ2n) is 4.12. The van der Waals surface area contributed by atoms with Gasteiger partial charge in [0.05, 0.1) is 0 Å². The normalized spacial score (nSPS) is 10.7. The van der Waals surface area contributed by atoms with E-state index in [0.717, 1.165) is 4.57 Å². The Balaban J connectivity index is 2.44. The van der Waals surface area contributed by atoms with Gasteiger partial charge in [0.15, 0.2) is 11.2 Å². The molecule has 0 bridgehead atoms. The van der Waals surface area contributed by atoms with Crippen LogP contribution < -0.4 is 11.2 Å². The van der Waals surface area contributed by atoms with Gasteiger partial charge in [-0.2, -0.15) is 0 Å². The van der Waals surface area contributed by atoms with E-state index in [2.05, 4.69) is 15.1 Å². The van der Waals surface area contributed by atoms with Crippen LogP contribution in [0, 0.1) is 4.91 Å². The third kappa shape index (κ3) is 2.37. The molecule has 20 heavy (non-hydrogen) atoms. The molecule has 0 saturated heterocycles. The lowest BCUT2D eigenvalue weighted by Gasteiger charge is -2.08. The minimum Gasteiger partial charge on any atom is -0.279 e. The lowest BCUT2D eigenvalue weighted by atomic mass is 10.3. The highest BCUT2D eigenvalue weighted by molar-refractivity contribution is 5.76. The van der Waals surface area contributed by atoms with E-state index in [-0.39, 0.29) is 30.6 Å². The van der Waals surface area contributed by atoms with Crippen molar-refractivity contribution in [2.45, 2.75) is 19.4 Å². The van der Waals surface area contributed by atoms with Crippen molar-refractivity contribution in [1.29, 1.82) is 0 Å². The molecule has 9 nitrogen and oxygen atoms in total. The van der Waals surface area contributed by atoms with Gasteiger partial charge in [-0.1, -0.05) is 0 Å². The maximum Gasteiger partial charge on any atom is 0.332 e. The molecule has 1 amide bonds. The number of nitroso groups, excluding NO2 is 1. The SMILES string of the molecule is Cn1c(=O)n(CCCC(=O)N=O)c(=O)c2nccnc21. The Hall–Kier alpha value is -2.71. The molecule has 2 rings (SSSR count). The van der Waals surface area contributed by atoms with E-state index in [9.17, 15) is 19.3 Å². The molecule has 104 valence electrons. The maximum atomic E-state index is 12.1. The van der Waals surface area contributed by atoms with Gasteiger partial charge in [-0.25, -0.2) is 14.8 Å². The summed E-state index contributed by atoms with van der Waals surface area (Å²) in [5, 5.41) is 2.25. The quantitative estimate of drug-likeness (QED) is 0.699. The van der Waals surface area contributed by atoms with Gasteiger partial charge in [-0.3, -0.25) is 18.7 Å². The zero-order valence-corrected chi connectivity index (χ0v) is 10.6. The summed E-state index contributed by atoms with van der Waals surface area (Å²) >= 11 is 0. The van der Waals surface area contributed by atoms with Crippen molar-refractivity contribution in [2.75, 3.05) is 0 Å². The van der Waals surface area contributed by atoms with Crippen LogP contribution in [0.5, 0.6) is 0 Å². The van der Waals surface area contributed by atoms with Gasteiger partial charge in [-0.05, 0) is 6.42 Å². The molecule has 0 unspecified atom stereocenters. The summed E-state index contributed by atoms with van der Waals surface area (Å²) in [5.41, 5.74) is -0.837. The zero-order valence-electron chi connectivity index (χ0n) is 10.6. The second-order valence-corrected chi connectivity index (χ2v) is 4.12. The van der Waals surface area contributed by atoms with Crippen LogP contribution in [0.3, 0.4) is 0 Å². The minimum atomic E-state index is -0.810. The Morgan fingerprint density at radius 3 is 2.70 bits per heavy atom. The topological polar surface area (TPSA) is 116 Å². The zero-order chi connectivity index (χ0) is 14.7. The largest absolute Gasteiger partial charge is 0.332 e. The first-order chi connectivity index (χ1) is 9.56. The first kappa shape index (κ1) is 13.7. The van der Waals surface area contributed by atoms with Crippen LogP contribution in [0.15, 0.2) is 27.2 Å². The molecule has 0 aliphatic heterocycles. The van der Waals surface area contributed by atoms with Crippen molar-refractivity contribution < 1.29 is 4.79 Å². The molecule has 9 heteroatoms. The van der Waals surface area contributed by atoms with Crippen molar-refractivity contribution in [3.05, 3.63) is 38.1 Å². The van der Waals surface area contributed by atoms with Crippen LogP contribution in [0.1, 0.15) is 12.8 Å². The Bertz CT molecular complexity index is 791. The van der Waals surface area contributed by atoms with E-state index in [4.69, 9.17) is 0 Å². The molecule has 0 radical (unpaired) electrons. The van der Waals surface area contributed by atoms with Crippen molar-refractivity contribution in [3.8, 4) is 0 Å². The fourth-order valence-electron chi connectivity index (χ4n) is 1.84. The van der Waals surface area contributed by atoms with Crippen LogP contribution in [0.4, 0.5) is 0 Å². The van der Waals surface area contributed by atoms with E-state index in [1.807, 2.05) is 0 Å². The Morgan fingerprint density at radius 1 is 1.30 bits per heavy atom. The van der Waals surface area contributed by atoms with Crippen molar-refractivity contribution in [1.82, 2.24) is 19.1 Å². The third-order valence-electron chi connectivity index (χ3n) is 2.84. The Kier molecular flexibility index (Phi) is 3.78. The monoisotopic (exact) mass is 277 g/mol. The smallest absolute Gasteiger partial charge is 0.279 e. The summed E-state index contributed by atoms with van der Waals surface area (Å²) < 4.78 is 2.18. The van der Waals surface area contributed by atoms with E-state index < -0.39 is 17.2 Å². The highest BCUT2D eigenvalue weighted by Gasteiger charge is 2.12. The fraction of sp³-hybridized carbons (Fsp3) is 0.364. The minimum absolute atomic E-state index is 0.0132. The van der Waals surface area contributed by atoms with Crippen molar-refractivity contribution in [3.63, 3.8) is 0 Å². The number of amides is 1. The number of rotatable bonds is 4. The lowest BCUT2D eigenvalue weighted by molar-refractivity contribution is -0.118. The molecule has 0 N–H and O–H groups in total. The third-order valence-corrected chi connectivity index (χ3v) is 2.84. The van der Waals surface area contributed by atoms with Gasteiger partial charge in [0, 0.05) is 37.6 Å². The summed E-state index contributed by atoms with van der Waals surface area (Å²) in [6.07, 6.45) is 2.81. The number of carbonyl (C=O) groups is 1. The van der Waals surface area contributed by atoms with Gasteiger partial charge in [0.2, 0.25) is 0 Å².